The van der Waals surface area contributed by atoms with E-state index < -0.39 is 22.1 Å². The maximum Gasteiger partial charge on any atom is 0.245 e. The minimum Gasteiger partial charge on any atom is -0.338 e. The van der Waals surface area contributed by atoms with Crippen LogP contribution < -0.4 is 4.72 Å². The summed E-state index contributed by atoms with van der Waals surface area (Å²) >= 11 is 5.99. The molecular formula is C22H26ClN3O4S. The van der Waals surface area contributed by atoms with E-state index in [1.54, 1.807) is 37.3 Å². The Balaban J connectivity index is 1.47. The third-order valence-corrected chi connectivity index (χ3v) is 7.99. The van der Waals surface area contributed by atoms with E-state index in [2.05, 4.69) is 4.72 Å². The third-order valence-electron chi connectivity index (χ3n) is 6.28. The highest BCUT2D eigenvalue weighted by Crippen LogP contribution is 2.25. The smallest absolute Gasteiger partial charge is 0.245 e. The number of halogens is 1. The molecule has 2 saturated heterocycles. The highest BCUT2D eigenvalue weighted by Gasteiger charge is 2.41. The maximum absolute atomic E-state index is 12.9. The van der Waals surface area contributed by atoms with Crippen LogP contribution in [-0.2, 0) is 19.6 Å². The second-order valence-electron chi connectivity index (χ2n) is 8.35. The first-order chi connectivity index (χ1) is 14.7. The molecule has 3 atom stereocenters. The number of nitrogens with zero attached hydrogens (tertiary/aromatic N) is 2. The molecule has 2 unspecified atom stereocenters. The number of hydrogen-bond donors (Lipinski definition) is 1. The number of carbonyl (C=O) groups is 2. The summed E-state index contributed by atoms with van der Waals surface area (Å²) in [5.41, 5.74) is 0. The molecule has 4 rings (SSSR count). The van der Waals surface area contributed by atoms with E-state index in [-0.39, 0.29) is 22.8 Å². The molecule has 0 aromatic heterocycles. The lowest BCUT2D eigenvalue weighted by molar-refractivity contribution is -0.143. The van der Waals surface area contributed by atoms with Gasteiger partial charge in [-0.15, -0.1) is 0 Å². The Morgan fingerprint density at radius 1 is 1.13 bits per heavy atom. The summed E-state index contributed by atoms with van der Waals surface area (Å²) in [4.78, 5) is 29.1. The molecule has 2 aliphatic heterocycles. The molecule has 0 spiro atoms. The van der Waals surface area contributed by atoms with Crippen LogP contribution in [0.25, 0.3) is 10.8 Å². The summed E-state index contributed by atoms with van der Waals surface area (Å²) in [6, 6.07) is 8.66. The van der Waals surface area contributed by atoms with E-state index in [4.69, 9.17) is 11.6 Å². The van der Waals surface area contributed by atoms with Crippen molar-refractivity contribution in [2.24, 2.45) is 0 Å². The number of sulfonamides is 1. The minimum absolute atomic E-state index is 0.0740. The molecule has 0 bridgehead atoms. The molecule has 2 heterocycles. The second-order valence-corrected chi connectivity index (χ2v) is 10.5. The molecule has 166 valence electrons. The Hall–Kier alpha value is -2.16. The quantitative estimate of drug-likeness (QED) is 0.738. The van der Waals surface area contributed by atoms with Crippen LogP contribution in [0.3, 0.4) is 0 Å². The number of hydrogen-bond acceptors (Lipinski definition) is 4. The first-order valence-corrected chi connectivity index (χ1v) is 12.4. The molecule has 2 fully saturated rings. The Kier molecular flexibility index (Phi) is 5.98. The highest BCUT2D eigenvalue weighted by molar-refractivity contribution is 7.89. The molecule has 2 aromatic carbocycles. The van der Waals surface area contributed by atoms with Crippen molar-refractivity contribution in [1.29, 1.82) is 0 Å². The normalized spacial score (nSPS) is 23.0. The molecule has 0 radical (unpaired) electrons. The summed E-state index contributed by atoms with van der Waals surface area (Å²) in [6.45, 7) is 4.78. The number of likely N-dealkylation sites (tertiary alicyclic amines) is 2. The van der Waals surface area contributed by atoms with Crippen LogP contribution >= 0.6 is 11.6 Å². The van der Waals surface area contributed by atoms with Crippen molar-refractivity contribution in [2.45, 2.75) is 56.1 Å². The number of rotatable bonds is 5. The second kappa shape index (κ2) is 8.41. The van der Waals surface area contributed by atoms with Gasteiger partial charge in [0.25, 0.3) is 0 Å². The Labute approximate surface area is 187 Å². The maximum atomic E-state index is 12.9. The SMILES string of the molecule is CC1CCCN1C(=O)[C@H](C)N1CCC(NS(=O)(=O)c2ccc3cc(Cl)ccc3c2)C1=O. The lowest BCUT2D eigenvalue weighted by Crippen LogP contribution is -2.51. The molecule has 2 amide bonds. The minimum atomic E-state index is -3.90. The van der Waals surface area contributed by atoms with Crippen molar-refractivity contribution in [3.8, 4) is 0 Å². The first-order valence-electron chi connectivity index (χ1n) is 10.5. The largest absolute Gasteiger partial charge is 0.338 e. The average molecular weight is 464 g/mol. The lowest BCUT2D eigenvalue weighted by Gasteiger charge is -2.30. The van der Waals surface area contributed by atoms with Crippen LogP contribution in [0.1, 0.15) is 33.1 Å². The Morgan fingerprint density at radius 2 is 1.84 bits per heavy atom. The number of benzene rings is 2. The molecule has 1 N–H and O–H groups in total. The molecule has 31 heavy (non-hydrogen) atoms. The molecule has 0 aliphatic carbocycles. The van der Waals surface area contributed by atoms with Gasteiger partial charge in [0, 0.05) is 24.2 Å². The fraction of sp³-hybridized carbons (Fsp3) is 0.455. The van der Waals surface area contributed by atoms with Crippen LogP contribution in [0.5, 0.6) is 0 Å². The summed E-state index contributed by atoms with van der Waals surface area (Å²) < 4.78 is 28.4. The Bertz CT molecular complexity index is 1140. The molecule has 7 nitrogen and oxygen atoms in total. The van der Waals surface area contributed by atoms with Crippen molar-refractivity contribution < 1.29 is 18.0 Å². The number of carbonyl (C=O) groups excluding carboxylic acids is 2. The van der Waals surface area contributed by atoms with Gasteiger partial charge in [0.1, 0.15) is 12.1 Å². The van der Waals surface area contributed by atoms with E-state index >= 15 is 0 Å². The molecular weight excluding hydrogens is 438 g/mol. The van der Waals surface area contributed by atoms with Crippen LogP contribution in [0.15, 0.2) is 41.3 Å². The molecule has 9 heteroatoms. The van der Waals surface area contributed by atoms with Gasteiger partial charge in [-0.1, -0.05) is 23.7 Å². The predicted molar refractivity (Wildman–Crippen MR) is 119 cm³/mol. The monoisotopic (exact) mass is 463 g/mol. The highest BCUT2D eigenvalue weighted by atomic mass is 35.5. The number of nitrogens with one attached hydrogen (secondary N) is 1. The van der Waals surface area contributed by atoms with E-state index in [1.807, 2.05) is 11.8 Å². The van der Waals surface area contributed by atoms with E-state index in [0.29, 0.717) is 24.5 Å². The number of fused-ring (bicyclic) bond motifs is 1. The summed E-state index contributed by atoms with van der Waals surface area (Å²) in [6.07, 6.45) is 2.26. The first kappa shape index (κ1) is 22.0. The standard InChI is InChI=1S/C22H26ClN3O4S/c1-14-4-3-10-25(14)21(27)15(2)26-11-9-20(22(26)28)24-31(29,30)19-8-6-16-12-18(23)7-5-17(16)13-19/h5-8,12-15,20,24H,3-4,9-11H2,1-2H3/t14?,15-,20?/m0/s1. The van der Waals surface area contributed by atoms with Gasteiger partial charge in [0.15, 0.2) is 0 Å². The van der Waals surface area contributed by atoms with Crippen molar-refractivity contribution >= 4 is 44.2 Å². The average Bonchev–Trinajstić information content (AvgIpc) is 3.32. The van der Waals surface area contributed by atoms with Crippen LogP contribution in [0, 0.1) is 0 Å². The molecule has 2 aromatic rings. The van der Waals surface area contributed by atoms with Gasteiger partial charge in [-0.05, 0) is 68.1 Å². The summed E-state index contributed by atoms with van der Waals surface area (Å²) in [7, 11) is -3.90. The van der Waals surface area contributed by atoms with Crippen LogP contribution in [-0.4, -0.2) is 61.2 Å². The van der Waals surface area contributed by atoms with E-state index in [1.165, 1.54) is 11.0 Å². The Morgan fingerprint density at radius 3 is 2.55 bits per heavy atom. The zero-order valence-corrected chi connectivity index (χ0v) is 19.1. The third kappa shape index (κ3) is 4.29. The van der Waals surface area contributed by atoms with Crippen molar-refractivity contribution in [2.75, 3.05) is 13.1 Å². The van der Waals surface area contributed by atoms with Gasteiger partial charge in [0.2, 0.25) is 21.8 Å². The van der Waals surface area contributed by atoms with Gasteiger partial charge in [0.05, 0.1) is 4.90 Å². The van der Waals surface area contributed by atoms with Crippen LogP contribution in [0.4, 0.5) is 0 Å². The van der Waals surface area contributed by atoms with Crippen molar-refractivity contribution in [3.05, 3.63) is 41.4 Å². The molecule has 0 saturated carbocycles. The zero-order valence-electron chi connectivity index (χ0n) is 17.5. The van der Waals surface area contributed by atoms with Crippen molar-refractivity contribution in [1.82, 2.24) is 14.5 Å². The van der Waals surface area contributed by atoms with Crippen LogP contribution in [0.2, 0.25) is 5.02 Å². The van der Waals surface area contributed by atoms with E-state index in [9.17, 15) is 18.0 Å². The lowest BCUT2D eigenvalue weighted by atomic mass is 10.1. The van der Waals surface area contributed by atoms with Gasteiger partial charge >= 0.3 is 0 Å². The fourth-order valence-corrected chi connectivity index (χ4v) is 5.89. The zero-order chi connectivity index (χ0) is 22.3. The molecule has 2 aliphatic rings. The van der Waals surface area contributed by atoms with Gasteiger partial charge in [-0.2, -0.15) is 4.72 Å². The van der Waals surface area contributed by atoms with Gasteiger partial charge in [-0.25, -0.2) is 8.42 Å². The van der Waals surface area contributed by atoms with Crippen molar-refractivity contribution in [3.63, 3.8) is 0 Å². The number of amides is 2. The topological polar surface area (TPSA) is 86.8 Å². The summed E-state index contributed by atoms with van der Waals surface area (Å²) in [5, 5.41) is 2.15. The van der Waals surface area contributed by atoms with Gasteiger partial charge in [-0.3, -0.25) is 9.59 Å². The summed E-state index contributed by atoms with van der Waals surface area (Å²) in [5.74, 6) is -0.432. The van der Waals surface area contributed by atoms with Gasteiger partial charge < -0.3 is 9.80 Å². The predicted octanol–water partition coefficient (Wildman–Crippen LogP) is 2.77. The fourth-order valence-electron chi connectivity index (χ4n) is 4.45. The van der Waals surface area contributed by atoms with E-state index in [0.717, 1.165) is 23.6 Å².